The number of aromatic nitrogens is 3. The Kier molecular flexibility index (Phi) is 5.54. The van der Waals surface area contributed by atoms with Crippen molar-refractivity contribution in [1.29, 1.82) is 0 Å². The number of benzene rings is 4. The lowest BCUT2D eigenvalue weighted by Crippen LogP contribution is -2.41. The number of rotatable bonds is 3. The van der Waals surface area contributed by atoms with Crippen LogP contribution in [0.2, 0.25) is 0 Å². The molecule has 0 radical (unpaired) electrons. The van der Waals surface area contributed by atoms with Gasteiger partial charge in [0.2, 0.25) is 0 Å². The molecular weight excluding hydrogens is 679 g/mol. The Morgan fingerprint density at radius 3 is 1.70 bits per heavy atom. The predicted octanol–water partition coefficient (Wildman–Crippen LogP) is 13.4. The molecule has 3 heteroatoms. The summed E-state index contributed by atoms with van der Waals surface area (Å²) in [5.74, 6) is 6.05. The minimum absolute atomic E-state index is 0.597. The maximum Gasteiger partial charge on any atom is 0.0728 e. The molecule has 7 unspecified atom stereocenters. The average Bonchev–Trinajstić information content (AvgIpc) is 3.88. The van der Waals surface area contributed by atoms with E-state index in [9.17, 15) is 0 Å². The van der Waals surface area contributed by atoms with E-state index in [1.165, 1.54) is 147 Å². The molecule has 0 N–H and O–H groups in total. The summed E-state index contributed by atoms with van der Waals surface area (Å²) < 4.78 is 2.66. The van der Waals surface area contributed by atoms with Crippen LogP contribution in [-0.2, 0) is 0 Å². The summed E-state index contributed by atoms with van der Waals surface area (Å²) in [7, 11) is 0. The van der Waals surface area contributed by atoms with E-state index >= 15 is 0 Å². The van der Waals surface area contributed by atoms with Crippen LogP contribution in [0.25, 0.3) is 71.5 Å². The van der Waals surface area contributed by atoms with Crippen molar-refractivity contribution in [3.63, 3.8) is 0 Å². The number of hydrogen-bond donors (Lipinski definition) is 0. The highest BCUT2D eigenvalue weighted by Gasteiger charge is 2.66. The lowest BCUT2D eigenvalue weighted by Gasteiger charge is -2.48. The first-order valence-electron chi connectivity index (χ1n) is 22.0. The van der Waals surface area contributed by atoms with Crippen LogP contribution in [0.3, 0.4) is 0 Å². The third kappa shape index (κ3) is 3.60. The first-order valence-corrected chi connectivity index (χ1v) is 22.0. The Morgan fingerprint density at radius 2 is 1.05 bits per heavy atom. The Hall–Kier alpha value is -5.02. The minimum Gasteiger partial charge on any atom is -0.305 e. The van der Waals surface area contributed by atoms with Crippen LogP contribution in [0.5, 0.6) is 0 Å². The summed E-state index contributed by atoms with van der Waals surface area (Å²) in [6.45, 7) is 0. The van der Waals surface area contributed by atoms with Crippen LogP contribution in [0.15, 0.2) is 103 Å². The SMILES string of the molecule is c1ccc(-c2cccc(-c3ccccc3)c2-c2cc3c4c5c(ncc4n4c6cnc7c(c6c(c2)c34)C2CC3CC4CC7CC43C2)C2CC3CC(C2)CC5C3)cc1. The second kappa shape index (κ2) is 10.3. The normalized spacial score (nSPS) is 31.6. The Labute approximate surface area is 327 Å². The third-order valence-electron chi connectivity index (χ3n) is 17.4. The van der Waals surface area contributed by atoms with E-state index in [2.05, 4.69) is 108 Å². The van der Waals surface area contributed by atoms with Gasteiger partial charge in [-0.15, -0.1) is 0 Å². The van der Waals surface area contributed by atoms with E-state index in [0.717, 1.165) is 23.7 Å². The van der Waals surface area contributed by atoms with Gasteiger partial charge in [0.25, 0.3) is 0 Å². The molecule has 4 heterocycles. The molecule has 0 aliphatic heterocycles. The molecular formula is C53H45N3. The van der Waals surface area contributed by atoms with Crippen molar-refractivity contribution in [2.24, 2.45) is 29.1 Å². The zero-order valence-corrected chi connectivity index (χ0v) is 31.8. The lowest BCUT2D eigenvalue weighted by atomic mass is 9.56. The van der Waals surface area contributed by atoms with E-state index in [1.54, 1.807) is 11.1 Å². The van der Waals surface area contributed by atoms with Gasteiger partial charge in [0.15, 0.2) is 0 Å². The van der Waals surface area contributed by atoms with Crippen LogP contribution in [0.1, 0.15) is 110 Å². The first kappa shape index (κ1) is 30.2. The van der Waals surface area contributed by atoms with Crippen molar-refractivity contribution in [2.45, 2.75) is 87.9 Å². The van der Waals surface area contributed by atoms with E-state index in [0.29, 0.717) is 29.1 Å². The molecule has 8 aliphatic carbocycles. The van der Waals surface area contributed by atoms with Gasteiger partial charge in [-0.2, -0.15) is 0 Å². The summed E-state index contributed by atoms with van der Waals surface area (Å²) in [4.78, 5) is 11.1. The second-order valence-electron chi connectivity index (χ2n) is 19.8. The molecule has 16 rings (SSSR count). The van der Waals surface area contributed by atoms with Crippen molar-refractivity contribution in [3.8, 4) is 33.4 Å². The van der Waals surface area contributed by atoms with Gasteiger partial charge in [-0.05, 0) is 162 Å². The largest absolute Gasteiger partial charge is 0.305 e. The number of hydrogen-bond acceptors (Lipinski definition) is 2. The number of fused-ring (bicyclic) bond motifs is 12. The van der Waals surface area contributed by atoms with Gasteiger partial charge in [0, 0.05) is 44.8 Å². The fourth-order valence-electron chi connectivity index (χ4n) is 15.7. The quantitative estimate of drug-likeness (QED) is 0.182. The molecule has 0 amide bonds. The molecule has 0 saturated heterocycles. The van der Waals surface area contributed by atoms with Gasteiger partial charge in [-0.25, -0.2) is 0 Å². The predicted molar refractivity (Wildman–Crippen MR) is 227 cm³/mol. The summed E-state index contributed by atoms with van der Waals surface area (Å²) >= 11 is 0. The number of nitrogens with zero attached hydrogens (tertiary/aromatic N) is 3. The zero-order chi connectivity index (χ0) is 36.0. The van der Waals surface area contributed by atoms with Crippen LogP contribution in [0.4, 0.5) is 0 Å². The highest BCUT2D eigenvalue weighted by Crippen LogP contribution is 2.76. The molecule has 5 saturated carbocycles. The molecule has 4 aromatic carbocycles. The first-order chi connectivity index (χ1) is 27.7. The van der Waals surface area contributed by atoms with E-state index in [-0.39, 0.29) is 0 Å². The molecule has 1 spiro atoms. The maximum atomic E-state index is 5.57. The maximum absolute atomic E-state index is 5.57. The van der Waals surface area contributed by atoms with Gasteiger partial charge in [0.05, 0.1) is 28.9 Å². The fourth-order valence-corrected chi connectivity index (χ4v) is 15.7. The smallest absolute Gasteiger partial charge is 0.0728 e. The second-order valence-corrected chi connectivity index (χ2v) is 19.8. The van der Waals surface area contributed by atoms with E-state index in [1.807, 2.05) is 0 Å². The highest BCUT2D eigenvalue weighted by molar-refractivity contribution is 6.26. The molecule has 8 aromatic rings. The molecule has 272 valence electrons. The molecule has 5 fully saturated rings. The molecule has 4 aromatic heterocycles. The average molecular weight is 724 g/mol. The van der Waals surface area contributed by atoms with Crippen LogP contribution < -0.4 is 0 Å². The van der Waals surface area contributed by atoms with Crippen molar-refractivity contribution in [1.82, 2.24) is 14.4 Å². The van der Waals surface area contributed by atoms with Crippen molar-refractivity contribution < 1.29 is 0 Å². The van der Waals surface area contributed by atoms with Gasteiger partial charge < -0.3 is 4.40 Å². The summed E-state index contributed by atoms with van der Waals surface area (Å²) in [6, 6.07) is 34.5. The standard InChI is InChI=1S/C53H45N3/c1-3-8-30(9-4-1)39-12-7-13-40(31-10-5-2-6-11-31)45(39)33-21-41-48-43(26-54-50-34-17-28-14-29(18-34)16-32(15-28)46(48)50)56-44-27-55-51-36-20-38-23-37-19-35(24-53(37,38)25-36)47(51)49(44)42(22-33)52(41)56/h1-13,21-22,26-29,32,34-38H,14-20,23-25H2. The van der Waals surface area contributed by atoms with Gasteiger partial charge in [0.1, 0.15) is 0 Å². The number of pyridine rings is 2. The summed E-state index contributed by atoms with van der Waals surface area (Å²) in [6.07, 6.45) is 18.4. The molecule has 3 nitrogen and oxygen atoms in total. The molecule has 7 bridgehead atoms. The van der Waals surface area contributed by atoms with Crippen LogP contribution >= 0.6 is 0 Å². The van der Waals surface area contributed by atoms with Gasteiger partial charge >= 0.3 is 0 Å². The minimum atomic E-state index is 0.597. The monoisotopic (exact) mass is 723 g/mol. The van der Waals surface area contributed by atoms with Gasteiger partial charge in [-0.1, -0.05) is 78.9 Å². The lowest BCUT2D eigenvalue weighted by molar-refractivity contribution is 0.00321. The molecule has 56 heavy (non-hydrogen) atoms. The topological polar surface area (TPSA) is 30.2 Å². The zero-order valence-electron chi connectivity index (χ0n) is 31.8. The van der Waals surface area contributed by atoms with Crippen LogP contribution in [0, 0.1) is 29.1 Å². The van der Waals surface area contributed by atoms with Gasteiger partial charge in [-0.3, -0.25) is 9.97 Å². The Bertz CT molecular complexity index is 2920. The molecule has 7 atom stereocenters. The summed E-state index contributed by atoms with van der Waals surface area (Å²) in [5, 5.41) is 5.91. The third-order valence-corrected chi connectivity index (χ3v) is 17.4. The van der Waals surface area contributed by atoms with E-state index < -0.39 is 0 Å². The highest BCUT2D eigenvalue weighted by atomic mass is 15.0. The van der Waals surface area contributed by atoms with E-state index in [4.69, 9.17) is 9.97 Å². The van der Waals surface area contributed by atoms with Crippen molar-refractivity contribution >= 4 is 38.1 Å². The molecule has 8 aliphatic rings. The van der Waals surface area contributed by atoms with Crippen LogP contribution in [-0.4, -0.2) is 14.4 Å². The fraction of sp³-hybridized carbons (Fsp3) is 0.358. The summed E-state index contributed by atoms with van der Waals surface area (Å²) in [5.41, 5.74) is 18.6. The van der Waals surface area contributed by atoms with Crippen molar-refractivity contribution in [3.05, 3.63) is 126 Å². The van der Waals surface area contributed by atoms with Crippen molar-refractivity contribution in [2.75, 3.05) is 0 Å². The Morgan fingerprint density at radius 1 is 0.500 bits per heavy atom. The Balaban J connectivity index is 1.11.